The van der Waals surface area contributed by atoms with E-state index < -0.39 is 23.9 Å². The fourth-order valence-corrected chi connectivity index (χ4v) is 8.56. The van der Waals surface area contributed by atoms with Crippen LogP contribution in [0.1, 0.15) is 62.5 Å². The lowest BCUT2D eigenvalue weighted by Crippen LogP contribution is -2.55. The number of fused-ring (bicyclic) bond motifs is 3. The first-order valence-corrected chi connectivity index (χ1v) is 17.8. The zero-order chi connectivity index (χ0) is 33.7. The van der Waals surface area contributed by atoms with Crippen molar-refractivity contribution < 1.29 is 23.0 Å². The number of nitriles is 1. The van der Waals surface area contributed by atoms with Crippen LogP contribution in [0.25, 0.3) is 22.0 Å². The Balaban J connectivity index is 1.24. The third-order valence-corrected chi connectivity index (χ3v) is 11.1. The Bertz CT molecular complexity index is 1840. The maximum absolute atomic E-state index is 14.6. The van der Waals surface area contributed by atoms with Crippen molar-refractivity contribution in [2.45, 2.75) is 88.1 Å². The second-order valence-corrected chi connectivity index (χ2v) is 14.4. The number of rotatable bonds is 9. The van der Waals surface area contributed by atoms with Gasteiger partial charge in [-0.3, -0.25) is 9.69 Å². The number of benzene rings is 2. The Kier molecular flexibility index (Phi) is 8.38. The van der Waals surface area contributed by atoms with E-state index in [9.17, 15) is 18.8 Å². The lowest BCUT2D eigenvalue weighted by Gasteiger charge is -2.41. The molecule has 0 N–H and O–H groups in total. The number of ether oxygens (including phenoxy) is 2. The number of piperazine rings is 1. The molecule has 3 aliphatic heterocycles. The van der Waals surface area contributed by atoms with Crippen LogP contribution in [0.5, 0.6) is 11.8 Å². The molecule has 0 unspecified atom stereocenters. The summed E-state index contributed by atoms with van der Waals surface area (Å²) < 4.78 is 41.8. The fraction of sp³-hybridized carbons (Fsp3) is 0.526. The number of carbonyl (C=O) groups excluding carboxylic acids is 1. The minimum absolute atomic E-state index is 0.0317. The highest BCUT2D eigenvalue weighted by molar-refractivity contribution is 5.99. The Morgan fingerprint density at radius 2 is 1.92 bits per heavy atom. The molecule has 49 heavy (non-hydrogen) atoms. The summed E-state index contributed by atoms with van der Waals surface area (Å²) in [4.78, 5) is 28.3. The van der Waals surface area contributed by atoms with E-state index in [1.54, 1.807) is 0 Å². The van der Waals surface area contributed by atoms with Gasteiger partial charge in [0.25, 0.3) is 5.91 Å². The summed E-state index contributed by atoms with van der Waals surface area (Å²) in [5.41, 5.74) is 5.14. The maximum atomic E-state index is 14.6. The molecular weight excluding hydrogens is 626 g/mol. The van der Waals surface area contributed by atoms with Crippen LogP contribution in [0.15, 0.2) is 42.7 Å². The highest BCUT2D eigenvalue weighted by Gasteiger charge is 2.49. The largest absolute Gasteiger partial charge is 0.487 e. The summed E-state index contributed by atoms with van der Waals surface area (Å²) in [6, 6.07) is 12.5. The average Bonchev–Trinajstić information content (AvgIpc) is 3.77. The SMILES string of the molecule is C=C(F)C(=O)N1CCN(c2nc(OC[C@@]34CCCN3C[C@H](F)C4)nc3c(OC4CC4)c(-c4cccc5c4CCCC5)ccc23)C[C@@H]1CC#N. The molecule has 0 spiro atoms. The van der Waals surface area contributed by atoms with Gasteiger partial charge in [0, 0.05) is 43.5 Å². The van der Waals surface area contributed by atoms with E-state index in [2.05, 4.69) is 41.8 Å². The Morgan fingerprint density at radius 3 is 2.73 bits per heavy atom. The van der Waals surface area contributed by atoms with Gasteiger partial charge < -0.3 is 19.3 Å². The number of aromatic nitrogens is 2. The number of amides is 1. The van der Waals surface area contributed by atoms with Gasteiger partial charge in [-0.1, -0.05) is 24.8 Å². The fourth-order valence-electron chi connectivity index (χ4n) is 8.56. The van der Waals surface area contributed by atoms with Crippen molar-refractivity contribution >= 4 is 22.6 Å². The van der Waals surface area contributed by atoms with Crippen molar-refractivity contribution in [1.29, 1.82) is 5.26 Å². The number of hydrogen-bond donors (Lipinski definition) is 0. The number of alkyl halides is 1. The maximum Gasteiger partial charge on any atom is 0.319 e. The topological polar surface area (TPSA) is 94.8 Å². The lowest BCUT2D eigenvalue weighted by molar-refractivity contribution is -0.131. The normalized spacial score (nSPS) is 25.2. The van der Waals surface area contributed by atoms with Gasteiger partial charge in [0.15, 0.2) is 11.6 Å². The molecule has 1 aromatic heterocycles. The van der Waals surface area contributed by atoms with Crippen LogP contribution >= 0.6 is 0 Å². The molecule has 9 nitrogen and oxygen atoms in total. The summed E-state index contributed by atoms with van der Waals surface area (Å²) in [5, 5.41) is 10.4. The molecule has 0 bridgehead atoms. The molecule has 4 heterocycles. The Labute approximate surface area is 285 Å². The molecule has 8 rings (SSSR count). The molecule has 0 radical (unpaired) electrons. The standard InChI is InChI=1S/C38H42F2N6O3/c1-24(39)36(47)46-19-18-44(22-27(46)14-16-41)35-32-13-12-31(30-9-4-7-25-6-2-3-8-29(25)30)34(49-28-10-11-28)33(32)42-37(43-35)48-23-38-15-5-17-45(38)21-26(40)20-38/h4,7,9,12-13,26-28H,1-3,5-6,8,10-11,14-15,17-23H2/t26-,27+,38+/m1/s1. The molecule has 3 aromatic rings. The summed E-state index contributed by atoms with van der Waals surface area (Å²) in [5.74, 6) is -0.531. The van der Waals surface area contributed by atoms with Gasteiger partial charge in [-0.05, 0) is 86.7 Å². The van der Waals surface area contributed by atoms with Gasteiger partial charge in [0.05, 0.1) is 30.2 Å². The van der Waals surface area contributed by atoms with Gasteiger partial charge in [-0.2, -0.15) is 15.2 Å². The molecule has 1 amide bonds. The van der Waals surface area contributed by atoms with Crippen molar-refractivity contribution in [3.8, 4) is 29.0 Å². The first-order valence-electron chi connectivity index (χ1n) is 17.8. The number of anilines is 1. The minimum Gasteiger partial charge on any atom is -0.487 e. The smallest absolute Gasteiger partial charge is 0.319 e. The van der Waals surface area contributed by atoms with Crippen LogP contribution in [0.4, 0.5) is 14.6 Å². The van der Waals surface area contributed by atoms with Gasteiger partial charge >= 0.3 is 6.01 Å². The van der Waals surface area contributed by atoms with Gasteiger partial charge in [0.2, 0.25) is 0 Å². The molecule has 3 atom stereocenters. The molecule has 4 fully saturated rings. The molecule has 2 aliphatic carbocycles. The monoisotopic (exact) mass is 668 g/mol. The molecule has 256 valence electrons. The molecular formula is C38H42F2N6O3. The number of hydrogen-bond acceptors (Lipinski definition) is 8. The van der Waals surface area contributed by atoms with Gasteiger partial charge in [-0.25, -0.2) is 8.78 Å². The van der Waals surface area contributed by atoms with Gasteiger partial charge in [-0.15, -0.1) is 0 Å². The summed E-state index contributed by atoms with van der Waals surface area (Å²) in [7, 11) is 0. The minimum atomic E-state index is -1.04. The van der Waals surface area contributed by atoms with Crippen molar-refractivity contribution in [1.82, 2.24) is 19.8 Å². The Hall–Kier alpha value is -4.30. The molecule has 11 heteroatoms. The second kappa shape index (κ2) is 12.9. The molecule has 1 saturated carbocycles. The first-order chi connectivity index (χ1) is 23.8. The van der Waals surface area contributed by atoms with Crippen molar-refractivity contribution in [2.75, 3.05) is 44.2 Å². The predicted octanol–water partition coefficient (Wildman–Crippen LogP) is 6.09. The number of halogens is 2. The third-order valence-electron chi connectivity index (χ3n) is 11.1. The summed E-state index contributed by atoms with van der Waals surface area (Å²) >= 11 is 0. The first kappa shape index (κ1) is 31.9. The number of carbonyl (C=O) groups is 1. The number of nitrogens with zero attached hydrogens (tertiary/aromatic N) is 6. The van der Waals surface area contributed by atoms with Gasteiger partial charge in [0.1, 0.15) is 24.1 Å². The van der Waals surface area contributed by atoms with E-state index in [4.69, 9.17) is 19.4 Å². The lowest BCUT2D eigenvalue weighted by atomic mass is 9.85. The zero-order valence-electron chi connectivity index (χ0n) is 27.8. The quantitative estimate of drug-likeness (QED) is 0.253. The predicted molar refractivity (Wildman–Crippen MR) is 182 cm³/mol. The third kappa shape index (κ3) is 5.98. The zero-order valence-corrected chi connectivity index (χ0v) is 27.8. The van der Waals surface area contributed by atoms with E-state index in [1.807, 2.05) is 11.0 Å². The van der Waals surface area contributed by atoms with E-state index in [0.717, 1.165) is 68.0 Å². The number of aryl methyl sites for hydroxylation is 1. The average molecular weight is 669 g/mol. The van der Waals surface area contributed by atoms with Crippen molar-refractivity contribution in [2.24, 2.45) is 0 Å². The van der Waals surface area contributed by atoms with Crippen LogP contribution < -0.4 is 14.4 Å². The van der Waals surface area contributed by atoms with Crippen LogP contribution in [-0.4, -0.2) is 88.9 Å². The van der Waals surface area contributed by atoms with Crippen molar-refractivity contribution in [3.63, 3.8) is 0 Å². The summed E-state index contributed by atoms with van der Waals surface area (Å²) in [6.07, 6.45) is 7.88. The second-order valence-electron chi connectivity index (χ2n) is 14.4. The van der Waals surface area contributed by atoms with E-state index in [-0.39, 0.29) is 43.8 Å². The highest BCUT2D eigenvalue weighted by Crippen LogP contribution is 2.45. The van der Waals surface area contributed by atoms with Crippen LogP contribution in [0.3, 0.4) is 0 Å². The van der Waals surface area contributed by atoms with E-state index in [1.165, 1.54) is 22.4 Å². The molecule has 3 saturated heterocycles. The molecule has 2 aromatic carbocycles. The Morgan fingerprint density at radius 1 is 1.06 bits per heavy atom. The molecule has 5 aliphatic rings. The van der Waals surface area contributed by atoms with E-state index in [0.29, 0.717) is 36.6 Å². The van der Waals surface area contributed by atoms with Crippen LogP contribution in [-0.2, 0) is 17.6 Å². The van der Waals surface area contributed by atoms with Crippen molar-refractivity contribution in [3.05, 3.63) is 53.9 Å². The highest BCUT2D eigenvalue weighted by atomic mass is 19.1. The summed E-state index contributed by atoms with van der Waals surface area (Å²) in [6.45, 7) is 5.59. The van der Waals surface area contributed by atoms with Crippen LogP contribution in [0, 0.1) is 11.3 Å². The van der Waals surface area contributed by atoms with E-state index >= 15 is 0 Å². The van der Waals surface area contributed by atoms with Crippen LogP contribution in [0.2, 0.25) is 0 Å².